The van der Waals surface area contributed by atoms with Crippen molar-refractivity contribution in [3.05, 3.63) is 35.4 Å². The lowest BCUT2D eigenvalue weighted by atomic mass is 10.0. The fourth-order valence-electron chi connectivity index (χ4n) is 1.57. The van der Waals surface area contributed by atoms with E-state index in [9.17, 15) is 4.79 Å². The summed E-state index contributed by atoms with van der Waals surface area (Å²) in [5.74, 6) is 0.0334. The van der Waals surface area contributed by atoms with Gasteiger partial charge in [-0.25, -0.2) is 0 Å². The zero-order valence-electron chi connectivity index (χ0n) is 9.00. The maximum atomic E-state index is 10.8. The molecule has 0 spiro atoms. The van der Waals surface area contributed by atoms with Crippen LogP contribution >= 0.6 is 0 Å². The molecule has 2 heteroatoms. The predicted octanol–water partition coefficient (Wildman–Crippen LogP) is 2.06. The summed E-state index contributed by atoms with van der Waals surface area (Å²) >= 11 is 0. The molecule has 0 aliphatic rings. The fraction of sp³-hybridized carbons (Fsp3) is 0.417. The van der Waals surface area contributed by atoms with Crippen LogP contribution in [-0.2, 0) is 11.2 Å². The largest absolute Gasteiger partial charge is 0.354 e. The summed E-state index contributed by atoms with van der Waals surface area (Å²) in [6.45, 7) is 5.66. The van der Waals surface area contributed by atoms with Crippen molar-refractivity contribution in [3.63, 3.8) is 0 Å². The Bertz CT molecular complexity index is 320. The SMILES string of the molecule is CC(=O)N[C@H](C)Cc1ccccc1C. The van der Waals surface area contributed by atoms with E-state index in [2.05, 4.69) is 24.4 Å². The van der Waals surface area contributed by atoms with E-state index < -0.39 is 0 Å². The van der Waals surface area contributed by atoms with Crippen molar-refractivity contribution >= 4 is 5.91 Å². The summed E-state index contributed by atoms with van der Waals surface area (Å²) < 4.78 is 0. The second-order valence-corrected chi connectivity index (χ2v) is 3.73. The number of aryl methyl sites for hydroxylation is 1. The normalized spacial score (nSPS) is 12.2. The van der Waals surface area contributed by atoms with E-state index >= 15 is 0 Å². The fourth-order valence-corrected chi connectivity index (χ4v) is 1.57. The van der Waals surface area contributed by atoms with Gasteiger partial charge in [0.05, 0.1) is 0 Å². The first kappa shape index (κ1) is 10.8. The molecule has 14 heavy (non-hydrogen) atoms. The number of hydrogen-bond acceptors (Lipinski definition) is 1. The molecule has 76 valence electrons. The molecular formula is C12H17NO. The molecular weight excluding hydrogens is 174 g/mol. The highest BCUT2D eigenvalue weighted by Crippen LogP contribution is 2.09. The molecule has 0 fully saturated rings. The van der Waals surface area contributed by atoms with E-state index in [0.29, 0.717) is 0 Å². The zero-order chi connectivity index (χ0) is 10.6. The van der Waals surface area contributed by atoms with E-state index in [0.717, 1.165) is 6.42 Å². The Kier molecular flexibility index (Phi) is 3.69. The summed E-state index contributed by atoms with van der Waals surface area (Å²) in [7, 11) is 0. The van der Waals surface area contributed by atoms with Gasteiger partial charge in [-0.15, -0.1) is 0 Å². The average molecular weight is 191 g/mol. The number of nitrogens with one attached hydrogen (secondary N) is 1. The van der Waals surface area contributed by atoms with Crippen molar-refractivity contribution in [1.82, 2.24) is 5.32 Å². The number of carbonyl (C=O) groups excluding carboxylic acids is 1. The highest BCUT2D eigenvalue weighted by Gasteiger charge is 2.05. The smallest absolute Gasteiger partial charge is 0.217 e. The first-order valence-electron chi connectivity index (χ1n) is 4.91. The predicted molar refractivity (Wildman–Crippen MR) is 58.2 cm³/mol. The summed E-state index contributed by atoms with van der Waals surface area (Å²) in [6, 6.07) is 8.46. The molecule has 1 aromatic rings. The lowest BCUT2D eigenvalue weighted by Gasteiger charge is -2.13. The number of hydrogen-bond donors (Lipinski definition) is 1. The van der Waals surface area contributed by atoms with E-state index in [4.69, 9.17) is 0 Å². The quantitative estimate of drug-likeness (QED) is 0.778. The van der Waals surface area contributed by atoms with Gasteiger partial charge in [0.15, 0.2) is 0 Å². The van der Waals surface area contributed by atoms with Gasteiger partial charge >= 0.3 is 0 Å². The summed E-state index contributed by atoms with van der Waals surface area (Å²) in [4.78, 5) is 10.8. The topological polar surface area (TPSA) is 29.1 Å². The Morgan fingerprint density at radius 2 is 2.07 bits per heavy atom. The Morgan fingerprint density at radius 3 is 2.64 bits per heavy atom. The van der Waals surface area contributed by atoms with Crippen molar-refractivity contribution in [2.24, 2.45) is 0 Å². The van der Waals surface area contributed by atoms with Gasteiger partial charge in [0.1, 0.15) is 0 Å². The maximum absolute atomic E-state index is 10.8. The molecule has 0 heterocycles. The Balaban J connectivity index is 2.60. The Morgan fingerprint density at radius 1 is 1.43 bits per heavy atom. The van der Waals surface area contributed by atoms with Crippen molar-refractivity contribution in [1.29, 1.82) is 0 Å². The Hall–Kier alpha value is -1.31. The van der Waals surface area contributed by atoms with Gasteiger partial charge in [0.2, 0.25) is 5.91 Å². The van der Waals surface area contributed by atoms with Crippen LogP contribution < -0.4 is 5.32 Å². The van der Waals surface area contributed by atoms with Gasteiger partial charge in [-0.2, -0.15) is 0 Å². The van der Waals surface area contributed by atoms with Crippen molar-refractivity contribution in [2.45, 2.75) is 33.2 Å². The van der Waals surface area contributed by atoms with Crippen molar-refractivity contribution in [2.75, 3.05) is 0 Å². The zero-order valence-corrected chi connectivity index (χ0v) is 9.00. The van der Waals surface area contributed by atoms with E-state index in [-0.39, 0.29) is 11.9 Å². The molecule has 0 unspecified atom stereocenters. The van der Waals surface area contributed by atoms with E-state index in [1.807, 2.05) is 19.1 Å². The van der Waals surface area contributed by atoms with Crippen molar-refractivity contribution < 1.29 is 4.79 Å². The standard InChI is InChI=1S/C12H17NO/c1-9-6-4-5-7-12(9)8-10(2)13-11(3)14/h4-7,10H,8H2,1-3H3,(H,13,14)/t10-/m1/s1. The van der Waals surface area contributed by atoms with Crippen molar-refractivity contribution in [3.8, 4) is 0 Å². The Labute approximate surface area is 85.3 Å². The highest BCUT2D eigenvalue weighted by atomic mass is 16.1. The molecule has 1 rings (SSSR count). The molecule has 0 saturated heterocycles. The molecule has 2 nitrogen and oxygen atoms in total. The van der Waals surface area contributed by atoms with Crippen LogP contribution in [0.5, 0.6) is 0 Å². The average Bonchev–Trinajstić information content (AvgIpc) is 2.07. The van der Waals surface area contributed by atoms with Gasteiger partial charge in [0.25, 0.3) is 0 Å². The first-order valence-corrected chi connectivity index (χ1v) is 4.91. The third-order valence-electron chi connectivity index (χ3n) is 2.24. The second-order valence-electron chi connectivity index (χ2n) is 3.73. The molecule has 0 aromatic heterocycles. The molecule has 1 atom stereocenters. The van der Waals surface area contributed by atoms with Gasteiger partial charge < -0.3 is 5.32 Å². The van der Waals surface area contributed by atoms with Gasteiger partial charge in [0, 0.05) is 13.0 Å². The number of rotatable bonds is 3. The molecule has 0 radical (unpaired) electrons. The van der Waals surface area contributed by atoms with Gasteiger partial charge in [-0.1, -0.05) is 24.3 Å². The molecule has 1 amide bonds. The van der Waals surface area contributed by atoms with Crippen LogP contribution in [0.15, 0.2) is 24.3 Å². The van der Waals surface area contributed by atoms with Gasteiger partial charge in [-0.3, -0.25) is 4.79 Å². The molecule has 1 aromatic carbocycles. The maximum Gasteiger partial charge on any atom is 0.217 e. The van der Waals surface area contributed by atoms with Crippen LogP contribution in [0.2, 0.25) is 0 Å². The molecule has 0 aliphatic heterocycles. The second kappa shape index (κ2) is 4.80. The highest BCUT2D eigenvalue weighted by molar-refractivity contribution is 5.73. The number of carbonyl (C=O) groups is 1. The van der Waals surface area contributed by atoms with Crippen LogP contribution in [0.3, 0.4) is 0 Å². The third-order valence-corrected chi connectivity index (χ3v) is 2.24. The molecule has 1 N–H and O–H groups in total. The monoisotopic (exact) mass is 191 g/mol. The van der Waals surface area contributed by atoms with Crippen LogP contribution in [0, 0.1) is 6.92 Å². The summed E-state index contributed by atoms with van der Waals surface area (Å²) in [6.07, 6.45) is 0.895. The molecule has 0 saturated carbocycles. The van der Waals surface area contributed by atoms with Crippen LogP contribution in [0.1, 0.15) is 25.0 Å². The summed E-state index contributed by atoms with van der Waals surface area (Å²) in [5, 5.41) is 2.88. The first-order chi connectivity index (χ1) is 6.59. The van der Waals surface area contributed by atoms with E-state index in [1.54, 1.807) is 6.92 Å². The number of benzene rings is 1. The minimum atomic E-state index is 0.0334. The van der Waals surface area contributed by atoms with Gasteiger partial charge in [-0.05, 0) is 31.4 Å². The lowest BCUT2D eigenvalue weighted by molar-refractivity contribution is -0.119. The minimum absolute atomic E-state index is 0.0334. The van der Waals surface area contributed by atoms with E-state index in [1.165, 1.54) is 11.1 Å². The minimum Gasteiger partial charge on any atom is -0.354 e. The third kappa shape index (κ3) is 3.21. The lowest BCUT2D eigenvalue weighted by Crippen LogP contribution is -2.32. The van der Waals surface area contributed by atoms with Crippen LogP contribution in [-0.4, -0.2) is 11.9 Å². The summed E-state index contributed by atoms with van der Waals surface area (Å²) in [5.41, 5.74) is 2.58. The molecule has 0 aliphatic carbocycles. The van der Waals surface area contributed by atoms with Crippen LogP contribution in [0.4, 0.5) is 0 Å². The van der Waals surface area contributed by atoms with Crippen LogP contribution in [0.25, 0.3) is 0 Å². The molecule has 0 bridgehead atoms. The number of amides is 1.